The lowest BCUT2D eigenvalue weighted by atomic mass is 9.86. The molecule has 1 amide bonds. The molecule has 5 nitrogen and oxygen atoms in total. The molecule has 0 aliphatic carbocycles. The van der Waals surface area contributed by atoms with Crippen LogP contribution in [0.5, 0.6) is 0 Å². The number of halogens is 1. The first-order valence-electron chi connectivity index (χ1n) is 8.06. The van der Waals surface area contributed by atoms with Crippen molar-refractivity contribution in [3.8, 4) is 0 Å². The minimum absolute atomic E-state index is 0.0295. The van der Waals surface area contributed by atoms with Gasteiger partial charge in [-0.05, 0) is 70.3 Å². The Hall–Kier alpha value is -1.30. The molecule has 1 unspecified atom stereocenters. The Morgan fingerprint density at radius 2 is 1.87 bits per heavy atom. The van der Waals surface area contributed by atoms with E-state index in [1.165, 1.54) is 0 Å². The molecule has 0 aromatic heterocycles. The van der Waals surface area contributed by atoms with Gasteiger partial charge < -0.3 is 10.1 Å². The fourth-order valence-electron chi connectivity index (χ4n) is 2.76. The molecule has 1 atom stereocenters. The lowest BCUT2D eigenvalue weighted by Crippen LogP contribution is -2.46. The highest BCUT2D eigenvalue weighted by molar-refractivity contribution is 6.30. The van der Waals surface area contributed by atoms with E-state index in [0.29, 0.717) is 10.9 Å². The molecular formula is C17H26ClN3O2. The number of carbonyl (C=O) groups is 1. The maximum atomic E-state index is 11.9. The van der Waals surface area contributed by atoms with Crippen molar-refractivity contribution in [2.75, 3.05) is 13.1 Å². The van der Waals surface area contributed by atoms with Gasteiger partial charge in [0.15, 0.2) is 0 Å². The molecule has 1 aliphatic heterocycles. The highest BCUT2D eigenvalue weighted by Crippen LogP contribution is 2.29. The third kappa shape index (κ3) is 6.01. The molecule has 0 spiro atoms. The van der Waals surface area contributed by atoms with Gasteiger partial charge in [0.1, 0.15) is 5.60 Å². The largest absolute Gasteiger partial charge is 0.443 e. The zero-order chi connectivity index (χ0) is 16.9. The maximum Gasteiger partial charge on any atom is 0.422 e. The Bertz CT molecular complexity index is 508. The Morgan fingerprint density at radius 1 is 1.26 bits per heavy atom. The first-order chi connectivity index (χ1) is 10.8. The molecule has 6 heteroatoms. The summed E-state index contributed by atoms with van der Waals surface area (Å²) in [5.41, 5.74) is 6.43. The minimum Gasteiger partial charge on any atom is -0.443 e. The monoisotopic (exact) mass is 339 g/mol. The third-order valence-electron chi connectivity index (χ3n) is 3.81. The molecule has 1 fully saturated rings. The zero-order valence-electron chi connectivity index (χ0n) is 14.0. The fraction of sp³-hybridized carbons (Fsp3) is 0.588. The Balaban J connectivity index is 2.04. The van der Waals surface area contributed by atoms with Crippen LogP contribution in [0.3, 0.4) is 0 Å². The predicted molar refractivity (Wildman–Crippen MR) is 92.3 cm³/mol. The van der Waals surface area contributed by atoms with Crippen molar-refractivity contribution in [2.24, 2.45) is 5.92 Å². The van der Waals surface area contributed by atoms with Gasteiger partial charge in [-0.1, -0.05) is 23.7 Å². The Morgan fingerprint density at radius 3 is 2.43 bits per heavy atom. The van der Waals surface area contributed by atoms with Crippen LogP contribution >= 0.6 is 11.6 Å². The first-order valence-corrected chi connectivity index (χ1v) is 8.43. The van der Waals surface area contributed by atoms with Crippen LogP contribution in [0.2, 0.25) is 5.02 Å². The van der Waals surface area contributed by atoms with Crippen molar-refractivity contribution in [1.82, 2.24) is 16.2 Å². The van der Waals surface area contributed by atoms with Gasteiger partial charge in [-0.15, -0.1) is 0 Å². The molecule has 0 bridgehead atoms. The summed E-state index contributed by atoms with van der Waals surface area (Å²) >= 11 is 5.98. The molecule has 23 heavy (non-hydrogen) atoms. The number of ether oxygens (including phenoxy) is 1. The van der Waals surface area contributed by atoms with E-state index in [4.69, 9.17) is 16.3 Å². The lowest BCUT2D eigenvalue weighted by Gasteiger charge is -2.32. The van der Waals surface area contributed by atoms with Gasteiger partial charge in [0.2, 0.25) is 0 Å². The molecule has 0 radical (unpaired) electrons. The Labute approximate surface area is 143 Å². The highest BCUT2D eigenvalue weighted by Gasteiger charge is 2.26. The van der Waals surface area contributed by atoms with E-state index in [1.807, 2.05) is 45.0 Å². The van der Waals surface area contributed by atoms with Gasteiger partial charge in [0.25, 0.3) is 0 Å². The van der Waals surface area contributed by atoms with Gasteiger partial charge in [-0.25, -0.2) is 10.2 Å². The molecule has 1 heterocycles. The maximum absolute atomic E-state index is 11.9. The van der Waals surface area contributed by atoms with E-state index in [-0.39, 0.29) is 6.04 Å². The van der Waals surface area contributed by atoms with Crippen molar-refractivity contribution >= 4 is 17.7 Å². The highest BCUT2D eigenvalue weighted by atomic mass is 35.5. The topological polar surface area (TPSA) is 62.4 Å². The van der Waals surface area contributed by atoms with E-state index in [2.05, 4.69) is 16.2 Å². The fourth-order valence-corrected chi connectivity index (χ4v) is 2.89. The van der Waals surface area contributed by atoms with Crippen LogP contribution < -0.4 is 16.2 Å². The number of nitrogens with one attached hydrogen (secondary N) is 3. The average Bonchev–Trinajstić information content (AvgIpc) is 2.48. The molecule has 1 aliphatic rings. The standard InChI is InChI=1S/C17H26ClN3O2/c1-17(2,3)23-16(22)21-20-15(13-8-10-19-11-9-13)12-4-6-14(18)7-5-12/h4-7,13,15,19-20H,8-11H2,1-3H3,(H,21,22). The van der Waals surface area contributed by atoms with Crippen LogP contribution in [-0.2, 0) is 4.74 Å². The van der Waals surface area contributed by atoms with Crippen LogP contribution in [0.25, 0.3) is 0 Å². The summed E-state index contributed by atoms with van der Waals surface area (Å²) in [6, 6.07) is 7.78. The number of carbonyl (C=O) groups excluding carboxylic acids is 1. The summed E-state index contributed by atoms with van der Waals surface area (Å²) in [6.45, 7) is 7.51. The number of hydrazine groups is 1. The molecule has 1 aromatic carbocycles. The summed E-state index contributed by atoms with van der Waals surface area (Å²) < 4.78 is 5.28. The normalized spacial score (nSPS) is 17.6. The lowest BCUT2D eigenvalue weighted by molar-refractivity contribution is 0.0475. The zero-order valence-corrected chi connectivity index (χ0v) is 14.7. The summed E-state index contributed by atoms with van der Waals surface area (Å²) in [5.74, 6) is 0.437. The van der Waals surface area contributed by atoms with Crippen molar-refractivity contribution in [1.29, 1.82) is 0 Å². The second-order valence-corrected chi connectivity index (χ2v) is 7.32. The van der Waals surface area contributed by atoms with Gasteiger partial charge in [0, 0.05) is 5.02 Å². The van der Waals surface area contributed by atoms with Crippen molar-refractivity contribution < 1.29 is 9.53 Å². The number of hydrogen-bond donors (Lipinski definition) is 3. The number of hydrogen-bond acceptors (Lipinski definition) is 4. The minimum atomic E-state index is -0.518. The van der Waals surface area contributed by atoms with Crippen LogP contribution in [-0.4, -0.2) is 24.8 Å². The van der Waals surface area contributed by atoms with E-state index < -0.39 is 11.7 Å². The van der Waals surface area contributed by atoms with Gasteiger partial charge in [0.05, 0.1) is 6.04 Å². The molecule has 1 saturated heterocycles. The number of rotatable bonds is 4. The smallest absolute Gasteiger partial charge is 0.422 e. The third-order valence-corrected chi connectivity index (χ3v) is 4.06. The molecule has 2 rings (SSSR count). The molecule has 1 aromatic rings. The molecule has 0 saturated carbocycles. The van der Waals surface area contributed by atoms with Crippen LogP contribution in [0.4, 0.5) is 4.79 Å². The van der Waals surface area contributed by atoms with Gasteiger partial charge in [-0.3, -0.25) is 5.43 Å². The van der Waals surface area contributed by atoms with Crippen LogP contribution in [0, 0.1) is 5.92 Å². The SMILES string of the molecule is CC(C)(C)OC(=O)NNC(c1ccc(Cl)cc1)C1CCNCC1. The second kappa shape index (κ2) is 7.99. The molecule has 3 N–H and O–H groups in total. The van der Waals surface area contributed by atoms with E-state index in [1.54, 1.807) is 0 Å². The summed E-state index contributed by atoms with van der Waals surface area (Å²) in [5, 5.41) is 4.07. The predicted octanol–water partition coefficient (Wildman–Crippen LogP) is 3.41. The van der Waals surface area contributed by atoms with Crippen molar-refractivity contribution in [3.05, 3.63) is 34.9 Å². The van der Waals surface area contributed by atoms with Crippen LogP contribution in [0.15, 0.2) is 24.3 Å². The van der Waals surface area contributed by atoms with E-state index >= 15 is 0 Å². The molecule has 128 valence electrons. The van der Waals surface area contributed by atoms with Crippen LogP contribution in [0.1, 0.15) is 45.2 Å². The van der Waals surface area contributed by atoms with Gasteiger partial charge >= 0.3 is 6.09 Å². The molecular weight excluding hydrogens is 314 g/mol. The van der Waals surface area contributed by atoms with Gasteiger partial charge in [-0.2, -0.15) is 0 Å². The average molecular weight is 340 g/mol. The summed E-state index contributed by atoms with van der Waals surface area (Å²) in [6.07, 6.45) is 1.64. The quantitative estimate of drug-likeness (QED) is 0.736. The van der Waals surface area contributed by atoms with Crippen molar-refractivity contribution in [3.63, 3.8) is 0 Å². The number of piperidine rings is 1. The van der Waals surface area contributed by atoms with Crippen molar-refractivity contribution in [2.45, 2.75) is 45.3 Å². The number of benzene rings is 1. The van der Waals surface area contributed by atoms with E-state index in [0.717, 1.165) is 31.5 Å². The second-order valence-electron chi connectivity index (χ2n) is 6.89. The summed E-state index contributed by atoms with van der Waals surface area (Å²) in [4.78, 5) is 11.9. The number of amides is 1. The summed E-state index contributed by atoms with van der Waals surface area (Å²) in [7, 11) is 0. The van der Waals surface area contributed by atoms with E-state index in [9.17, 15) is 4.79 Å². The first kappa shape index (κ1) is 18.0. The Kier molecular flexibility index (Phi) is 6.27.